The molecule has 2 heterocycles. The molecule has 1 amide bonds. The Kier molecular flexibility index (Phi) is 4.75. The summed E-state index contributed by atoms with van der Waals surface area (Å²) < 4.78 is 1.79. The van der Waals surface area contributed by atoms with Gasteiger partial charge in [0, 0.05) is 45.8 Å². The number of hydrogen-bond donors (Lipinski definition) is 1. The van der Waals surface area contributed by atoms with Crippen LogP contribution in [0.1, 0.15) is 31.4 Å². The van der Waals surface area contributed by atoms with Gasteiger partial charge in [-0.3, -0.25) is 9.48 Å². The molecule has 0 saturated carbocycles. The lowest BCUT2D eigenvalue weighted by Gasteiger charge is -2.26. The molecule has 1 saturated heterocycles. The SMILES string of the molecule is Cn1ccc(CNCCC(=O)N2CCCCC2)n1. The number of amides is 1. The van der Waals surface area contributed by atoms with Gasteiger partial charge in [0.1, 0.15) is 0 Å². The maximum absolute atomic E-state index is 11.9. The van der Waals surface area contributed by atoms with Gasteiger partial charge in [-0.2, -0.15) is 5.10 Å². The molecular weight excluding hydrogens is 228 g/mol. The Labute approximate surface area is 108 Å². The number of carbonyl (C=O) groups is 1. The van der Waals surface area contributed by atoms with Crippen molar-refractivity contribution in [2.24, 2.45) is 7.05 Å². The Morgan fingerprint density at radius 3 is 2.83 bits per heavy atom. The van der Waals surface area contributed by atoms with E-state index in [0.29, 0.717) is 6.42 Å². The summed E-state index contributed by atoms with van der Waals surface area (Å²) in [5.74, 6) is 0.281. The van der Waals surface area contributed by atoms with Gasteiger partial charge >= 0.3 is 0 Å². The number of carbonyl (C=O) groups excluding carboxylic acids is 1. The second kappa shape index (κ2) is 6.54. The van der Waals surface area contributed by atoms with E-state index in [1.165, 1.54) is 6.42 Å². The fraction of sp³-hybridized carbons (Fsp3) is 0.692. The molecule has 0 unspecified atom stereocenters. The van der Waals surface area contributed by atoms with Crippen molar-refractivity contribution in [1.82, 2.24) is 20.0 Å². The van der Waals surface area contributed by atoms with Crippen LogP contribution in [0.15, 0.2) is 12.3 Å². The third-order valence-electron chi connectivity index (χ3n) is 3.30. The van der Waals surface area contributed by atoms with Crippen molar-refractivity contribution in [3.05, 3.63) is 18.0 Å². The van der Waals surface area contributed by atoms with Crippen LogP contribution in [-0.4, -0.2) is 40.2 Å². The van der Waals surface area contributed by atoms with Gasteiger partial charge in [0.15, 0.2) is 0 Å². The number of likely N-dealkylation sites (tertiary alicyclic amines) is 1. The number of hydrogen-bond acceptors (Lipinski definition) is 3. The molecule has 1 aliphatic rings. The van der Waals surface area contributed by atoms with Gasteiger partial charge in [-0.05, 0) is 25.3 Å². The average molecular weight is 250 g/mol. The molecule has 18 heavy (non-hydrogen) atoms. The second-order valence-corrected chi connectivity index (χ2v) is 4.85. The first-order valence-electron chi connectivity index (χ1n) is 6.73. The van der Waals surface area contributed by atoms with E-state index >= 15 is 0 Å². The molecule has 1 aliphatic heterocycles. The highest BCUT2D eigenvalue weighted by atomic mass is 16.2. The monoisotopic (exact) mass is 250 g/mol. The van der Waals surface area contributed by atoms with Crippen LogP contribution in [0.4, 0.5) is 0 Å². The van der Waals surface area contributed by atoms with Crippen LogP contribution in [0.25, 0.3) is 0 Å². The third kappa shape index (κ3) is 3.84. The van der Waals surface area contributed by atoms with Crippen LogP contribution in [0.2, 0.25) is 0 Å². The maximum atomic E-state index is 11.9. The number of nitrogens with one attached hydrogen (secondary N) is 1. The molecule has 1 fully saturated rings. The first kappa shape index (κ1) is 13.1. The molecule has 100 valence electrons. The predicted molar refractivity (Wildman–Crippen MR) is 70.0 cm³/mol. The molecule has 1 aromatic rings. The van der Waals surface area contributed by atoms with Gasteiger partial charge in [0.2, 0.25) is 5.91 Å². The van der Waals surface area contributed by atoms with Crippen LogP contribution in [0.3, 0.4) is 0 Å². The number of aryl methyl sites for hydroxylation is 1. The van der Waals surface area contributed by atoms with E-state index in [0.717, 1.165) is 44.7 Å². The van der Waals surface area contributed by atoms with Gasteiger partial charge in [-0.25, -0.2) is 0 Å². The molecule has 0 bridgehead atoms. The minimum Gasteiger partial charge on any atom is -0.343 e. The first-order chi connectivity index (χ1) is 8.75. The molecular formula is C13H22N4O. The Morgan fingerprint density at radius 1 is 1.39 bits per heavy atom. The lowest BCUT2D eigenvalue weighted by atomic mass is 10.1. The highest BCUT2D eigenvalue weighted by Gasteiger charge is 2.15. The van der Waals surface area contributed by atoms with Crippen LogP contribution in [0.5, 0.6) is 0 Å². The molecule has 0 atom stereocenters. The fourth-order valence-electron chi connectivity index (χ4n) is 2.27. The highest BCUT2D eigenvalue weighted by molar-refractivity contribution is 5.76. The number of rotatable bonds is 5. The summed E-state index contributed by atoms with van der Waals surface area (Å²) in [6.45, 7) is 3.35. The topological polar surface area (TPSA) is 50.2 Å². The summed E-state index contributed by atoms with van der Waals surface area (Å²) >= 11 is 0. The van der Waals surface area contributed by atoms with E-state index in [1.807, 2.05) is 24.2 Å². The lowest BCUT2D eigenvalue weighted by molar-refractivity contribution is -0.131. The molecule has 5 nitrogen and oxygen atoms in total. The maximum Gasteiger partial charge on any atom is 0.223 e. The van der Waals surface area contributed by atoms with Crippen molar-refractivity contribution in [3.63, 3.8) is 0 Å². The summed E-state index contributed by atoms with van der Waals surface area (Å²) in [5, 5.41) is 7.54. The van der Waals surface area contributed by atoms with Crippen LogP contribution in [0, 0.1) is 0 Å². The van der Waals surface area contributed by atoms with Gasteiger partial charge in [-0.1, -0.05) is 0 Å². The Hall–Kier alpha value is -1.36. The largest absolute Gasteiger partial charge is 0.343 e. The van der Waals surface area contributed by atoms with Gasteiger partial charge in [0.05, 0.1) is 5.69 Å². The second-order valence-electron chi connectivity index (χ2n) is 4.85. The molecule has 2 rings (SSSR count). The summed E-state index contributed by atoms with van der Waals surface area (Å²) in [6.07, 6.45) is 6.10. The normalized spacial score (nSPS) is 15.9. The number of aromatic nitrogens is 2. The fourth-order valence-corrected chi connectivity index (χ4v) is 2.27. The summed E-state index contributed by atoms with van der Waals surface area (Å²) in [5.41, 5.74) is 1.02. The predicted octanol–water partition coefficient (Wildman–Crippen LogP) is 0.912. The van der Waals surface area contributed by atoms with Crippen LogP contribution < -0.4 is 5.32 Å². The highest BCUT2D eigenvalue weighted by Crippen LogP contribution is 2.09. The van der Waals surface area contributed by atoms with Crippen molar-refractivity contribution in [3.8, 4) is 0 Å². The molecule has 0 aromatic carbocycles. The molecule has 0 radical (unpaired) electrons. The Bertz CT molecular complexity index is 382. The number of piperidine rings is 1. The van der Waals surface area contributed by atoms with E-state index in [4.69, 9.17) is 0 Å². The third-order valence-corrected chi connectivity index (χ3v) is 3.30. The van der Waals surface area contributed by atoms with E-state index < -0.39 is 0 Å². The van der Waals surface area contributed by atoms with Crippen LogP contribution >= 0.6 is 0 Å². The molecule has 0 aliphatic carbocycles. The van der Waals surface area contributed by atoms with Crippen molar-refractivity contribution >= 4 is 5.91 Å². The summed E-state index contributed by atoms with van der Waals surface area (Å²) in [7, 11) is 1.91. The Balaban J connectivity index is 1.61. The smallest absolute Gasteiger partial charge is 0.223 e. The molecule has 5 heteroatoms. The Morgan fingerprint density at radius 2 is 2.17 bits per heavy atom. The summed E-state index contributed by atoms with van der Waals surface area (Å²) in [4.78, 5) is 13.9. The zero-order valence-electron chi connectivity index (χ0n) is 11.1. The lowest BCUT2D eigenvalue weighted by Crippen LogP contribution is -2.37. The van der Waals surface area contributed by atoms with E-state index in [2.05, 4.69) is 10.4 Å². The standard InChI is InChI=1S/C13H22N4O/c1-16-10-6-12(15-16)11-14-7-5-13(18)17-8-3-2-4-9-17/h6,10,14H,2-5,7-9,11H2,1H3. The zero-order chi connectivity index (χ0) is 12.8. The minimum atomic E-state index is 0.281. The van der Waals surface area contributed by atoms with E-state index in [9.17, 15) is 4.79 Å². The van der Waals surface area contributed by atoms with Crippen LogP contribution in [-0.2, 0) is 18.4 Å². The van der Waals surface area contributed by atoms with Crippen molar-refractivity contribution in [2.45, 2.75) is 32.2 Å². The van der Waals surface area contributed by atoms with Gasteiger partial charge in [-0.15, -0.1) is 0 Å². The molecule has 0 spiro atoms. The van der Waals surface area contributed by atoms with Crippen molar-refractivity contribution in [1.29, 1.82) is 0 Å². The first-order valence-corrected chi connectivity index (χ1v) is 6.73. The molecule has 1 aromatic heterocycles. The van der Waals surface area contributed by atoms with Gasteiger partial charge < -0.3 is 10.2 Å². The average Bonchev–Trinajstić information content (AvgIpc) is 2.81. The van der Waals surface area contributed by atoms with Crippen molar-refractivity contribution < 1.29 is 4.79 Å². The summed E-state index contributed by atoms with van der Waals surface area (Å²) in [6, 6.07) is 1.99. The van der Waals surface area contributed by atoms with E-state index in [1.54, 1.807) is 4.68 Å². The van der Waals surface area contributed by atoms with Gasteiger partial charge in [0.25, 0.3) is 0 Å². The quantitative estimate of drug-likeness (QED) is 0.790. The number of nitrogens with zero attached hydrogens (tertiary/aromatic N) is 3. The van der Waals surface area contributed by atoms with E-state index in [-0.39, 0.29) is 5.91 Å². The zero-order valence-corrected chi connectivity index (χ0v) is 11.1. The molecule has 1 N–H and O–H groups in total. The van der Waals surface area contributed by atoms with Crippen molar-refractivity contribution in [2.75, 3.05) is 19.6 Å². The minimum absolute atomic E-state index is 0.281.